The topological polar surface area (TPSA) is 155 Å². The van der Waals surface area contributed by atoms with Gasteiger partial charge in [-0.25, -0.2) is 0 Å². The monoisotopic (exact) mass is 645 g/mol. The van der Waals surface area contributed by atoms with Crippen molar-refractivity contribution in [2.45, 2.75) is 92.5 Å². The molecule has 2 aliphatic rings. The first kappa shape index (κ1) is 40.4. The van der Waals surface area contributed by atoms with E-state index in [9.17, 15) is 19.2 Å². The minimum Gasteiger partial charge on any atom is -0.379 e. The second-order valence-corrected chi connectivity index (χ2v) is 11.6. The molecular formula is C34H55N5O7. The minimum absolute atomic E-state index is 0.101. The third-order valence-electron chi connectivity index (χ3n) is 7.01. The number of rotatable bonds is 13. The maximum absolute atomic E-state index is 12.1. The number of morpholine rings is 1. The summed E-state index contributed by atoms with van der Waals surface area (Å²) in [6.07, 6.45) is 1.90. The number of benzene rings is 1. The van der Waals surface area contributed by atoms with Crippen LogP contribution in [0.1, 0.15) is 83.1 Å². The summed E-state index contributed by atoms with van der Waals surface area (Å²) in [6.45, 7) is 20.0. The number of ketones is 1. The predicted molar refractivity (Wildman–Crippen MR) is 177 cm³/mol. The molecular weight excluding hydrogens is 590 g/mol. The third kappa shape index (κ3) is 16.1. The van der Waals surface area contributed by atoms with Gasteiger partial charge in [0.1, 0.15) is 5.60 Å². The first-order valence-corrected chi connectivity index (χ1v) is 16.2. The summed E-state index contributed by atoms with van der Waals surface area (Å²) >= 11 is 0. The van der Waals surface area contributed by atoms with Crippen molar-refractivity contribution in [2.24, 2.45) is 5.92 Å². The number of aromatic nitrogens is 1. The van der Waals surface area contributed by atoms with Crippen LogP contribution in [-0.2, 0) is 30.4 Å². The van der Waals surface area contributed by atoms with Gasteiger partial charge < -0.3 is 29.9 Å². The Bertz CT molecular complexity index is 1160. The van der Waals surface area contributed by atoms with Crippen molar-refractivity contribution in [3.63, 3.8) is 0 Å². The van der Waals surface area contributed by atoms with Gasteiger partial charge in [-0.05, 0) is 39.5 Å². The molecule has 3 amide bonds. The summed E-state index contributed by atoms with van der Waals surface area (Å²) in [4.78, 5) is 47.8. The number of hydrogen-bond acceptors (Lipinski definition) is 9. The number of aryl methyl sites for hydroxylation is 1. The molecule has 12 heteroatoms. The van der Waals surface area contributed by atoms with Gasteiger partial charge in [-0.1, -0.05) is 75.7 Å². The molecule has 3 heterocycles. The number of hydrogen-bond donors (Lipinski definition) is 3. The van der Waals surface area contributed by atoms with Gasteiger partial charge in [0.05, 0.1) is 39.0 Å². The molecule has 1 aromatic heterocycles. The van der Waals surface area contributed by atoms with E-state index < -0.39 is 11.6 Å². The zero-order chi connectivity index (χ0) is 34.5. The third-order valence-corrected chi connectivity index (χ3v) is 7.01. The Hall–Kier alpha value is -3.61. The number of nitrogens with zero attached hydrogens (tertiary/aromatic N) is 2. The lowest BCUT2D eigenvalue weighted by Crippen LogP contribution is -2.48. The fourth-order valence-corrected chi connectivity index (χ4v) is 4.11. The van der Waals surface area contributed by atoms with Crippen molar-refractivity contribution in [3.05, 3.63) is 53.4 Å². The lowest BCUT2D eigenvalue weighted by molar-refractivity contribution is -0.130. The Morgan fingerprint density at radius 1 is 1.07 bits per heavy atom. The van der Waals surface area contributed by atoms with Gasteiger partial charge in [0, 0.05) is 25.2 Å². The van der Waals surface area contributed by atoms with Crippen LogP contribution in [-0.4, -0.2) is 91.2 Å². The molecule has 4 rings (SSSR count). The summed E-state index contributed by atoms with van der Waals surface area (Å²) in [5.41, 5.74) is 0.927. The van der Waals surface area contributed by atoms with E-state index in [1.165, 1.54) is 5.56 Å². The first-order valence-electron chi connectivity index (χ1n) is 16.2. The molecule has 3 N–H and O–H groups in total. The SMILES string of the molecule is CC.CC(C)CC(NC(=O)CNC=O)C(=O)[C@@]1(C)CO1.CCC(C)NC(=O)c1cc(CN2CCOCC2)on1.Cc1ccccc1. The second-order valence-electron chi connectivity index (χ2n) is 11.6. The highest BCUT2D eigenvalue weighted by atomic mass is 16.6. The number of carbonyl (C=O) groups excluding carboxylic acids is 4. The van der Waals surface area contributed by atoms with Crippen molar-refractivity contribution >= 4 is 24.0 Å². The second kappa shape index (κ2) is 22.0. The fourth-order valence-electron chi connectivity index (χ4n) is 4.11. The van der Waals surface area contributed by atoms with Gasteiger partial charge in [-0.3, -0.25) is 24.1 Å². The highest BCUT2D eigenvalue weighted by Crippen LogP contribution is 2.29. The molecule has 1 aromatic carbocycles. The Kier molecular flexibility index (Phi) is 19.3. The Morgan fingerprint density at radius 2 is 1.70 bits per heavy atom. The van der Waals surface area contributed by atoms with Gasteiger partial charge in [-0.2, -0.15) is 0 Å². The molecule has 2 aliphatic heterocycles. The zero-order valence-electron chi connectivity index (χ0n) is 28.9. The minimum atomic E-state index is -0.745. The molecule has 0 spiro atoms. The van der Waals surface area contributed by atoms with E-state index in [4.69, 9.17) is 14.0 Å². The Labute approximate surface area is 274 Å². The van der Waals surface area contributed by atoms with Crippen molar-refractivity contribution in [1.29, 1.82) is 0 Å². The molecule has 0 bridgehead atoms. The van der Waals surface area contributed by atoms with E-state index >= 15 is 0 Å². The Balaban J connectivity index is 0.000000365. The molecule has 12 nitrogen and oxygen atoms in total. The van der Waals surface area contributed by atoms with Crippen LogP contribution in [0.4, 0.5) is 0 Å². The van der Waals surface area contributed by atoms with E-state index in [0.717, 1.165) is 38.5 Å². The van der Waals surface area contributed by atoms with Crippen LogP contribution in [0.5, 0.6) is 0 Å². The fraction of sp³-hybridized carbons (Fsp3) is 0.618. The van der Waals surface area contributed by atoms with Crippen molar-refractivity contribution in [3.8, 4) is 0 Å². The molecule has 0 aliphatic carbocycles. The number of amides is 3. The van der Waals surface area contributed by atoms with Crippen molar-refractivity contribution in [2.75, 3.05) is 39.5 Å². The summed E-state index contributed by atoms with van der Waals surface area (Å²) in [7, 11) is 0. The number of ether oxygens (including phenoxy) is 2. The van der Waals surface area contributed by atoms with E-state index in [-0.39, 0.29) is 36.1 Å². The number of carbonyl (C=O) groups is 4. The number of epoxide rings is 1. The maximum atomic E-state index is 12.1. The van der Waals surface area contributed by atoms with Crippen molar-refractivity contribution in [1.82, 2.24) is 26.0 Å². The maximum Gasteiger partial charge on any atom is 0.273 e. The summed E-state index contributed by atoms with van der Waals surface area (Å²) in [5, 5.41) is 11.6. The zero-order valence-corrected chi connectivity index (χ0v) is 28.9. The highest BCUT2D eigenvalue weighted by Gasteiger charge is 2.50. The highest BCUT2D eigenvalue weighted by molar-refractivity contribution is 5.96. The van der Waals surface area contributed by atoms with Crippen LogP contribution < -0.4 is 16.0 Å². The molecule has 46 heavy (non-hydrogen) atoms. The molecule has 0 saturated carbocycles. The van der Waals surface area contributed by atoms with E-state index in [1.807, 2.05) is 59.7 Å². The average molecular weight is 646 g/mol. The van der Waals surface area contributed by atoms with Gasteiger partial charge >= 0.3 is 0 Å². The lowest BCUT2D eigenvalue weighted by Gasteiger charge is -2.25. The summed E-state index contributed by atoms with van der Waals surface area (Å²) in [6, 6.07) is 11.6. The van der Waals surface area contributed by atoms with E-state index in [2.05, 4.69) is 45.1 Å². The van der Waals surface area contributed by atoms with Crippen LogP contribution in [0.25, 0.3) is 0 Å². The van der Waals surface area contributed by atoms with Crippen LogP contribution in [0.15, 0.2) is 40.9 Å². The normalized spacial score (nSPS) is 18.1. The van der Waals surface area contributed by atoms with Crippen LogP contribution in [0.3, 0.4) is 0 Å². The smallest absolute Gasteiger partial charge is 0.273 e. The standard InChI is InChI=1S/C13H21N3O3.C12H20N2O4.C7H8.C2H6/c1-3-10(2)14-13(17)12-8-11(19-15-12)9-16-4-6-18-7-5-16;1-8(2)4-9(11(17)12(3)6-18-12)14-10(16)5-13-7-15;1-7-5-3-2-4-6-7;1-2/h8,10H,3-7,9H2,1-2H3,(H,14,17);7-9H,4-6H2,1-3H3,(H,13,15)(H,14,16);2-6H,1H3;1-2H3/t;9?,12-;;/m.1../s1. The Morgan fingerprint density at radius 3 is 2.20 bits per heavy atom. The quantitative estimate of drug-likeness (QED) is 0.219. The van der Waals surface area contributed by atoms with E-state index in [1.54, 1.807) is 13.0 Å². The molecule has 0 radical (unpaired) electrons. The average Bonchev–Trinajstić information content (AvgIpc) is 3.63. The number of Topliss-reactive ketones (excluding diaryl/α,β-unsaturated/α-hetero) is 1. The predicted octanol–water partition coefficient (Wildman–Crippen LogP) is 3.68. The summed E-state index contributed by atoms with van der Waals surface area (Å²) in [5.74, 6) is 0.351. The summed E-state index contributed by atoms with van der Waals surface area (Å²) < 4.78 is 15.6. The molecule has 258 valence electrons. The lowest BCUT2D eigenvalue weighted by atomic mass is 9.93. The van der Waals surface area contributed by atoms with E-state index in [0.29, 0.717) is 31.7 Å². The van der Waals surface area contributed by atoms with Gasteiger partial charge in [0.2, 0.25) is 12.3 Å². The van der Waals surface area contributed by atoms with Gasteiger partial charge in [-0.15, -0.1) is 0 Å². The molecule has 2 unspecified atom stereocenters. The van der Waals surface area contributed by atoms with Crippen LogP contribution in [0.2, 0.25) is 0 Å². The van der Waals surface area contributed by atoms with Crippen molar-refractivity contribution < 1.29 is 33.2 Å². The molecule has 2 aromatic rings. The van der Waals surface area contributed by atoms with Crippen LogP contribution in [0, 0.1) is 12.8 Å². The largest absolute Gasteiger partial charge is 0.379 e. The van der Waals surface area contributed by atoms with Crippen LogP contribution >= 0.6 is 0 Å². The van der Waals surface area contributed by atoms with Gasteiger partial charge in [0.15, 0.2) is 17.2 Å². The first-order chi connectivity index (χ1) is 22.0. The molecule has 2 saturated heterocycles. The van der Waals surface area contributed by atoms with Gasteiger partial charge in [0.25, 0.3) is 5.91 Å². The molecule has 2 fully saturated rings. The molecule has 3 atom stereocenters. The number of nitrogens with one attached hydrogen (secondary N) is 3.